The van der Waals surface area contributed by atoms with Crippen molar-refractivity contribution in [3.8, 4) is 0 Å². The molecule has 0 unspecified atom stereocenters. The smallest absolute Gasteiger partial charge is 0.291 e. The second-order valence-corrected chi connectivity index (χ2v) is 10.0. The van der Waals surface area contributed by atoms with E-state index >= 15 is 0 Å². The van der Waals surface area contributed by atoms with E-state index in [0.717, 1.165) is 12.8 Å². The van der Waals surface area contributed by atoms with Crippen molar-refractivity contribution in [2.45, 2.75) is 24.7 Å². The van der Waals surface area contributed by atoms with Crippen molar-refractivity contribution >= 4 is 33.2 Å². The highest BCUT2D eigenvalue weighted by molar-refractivity contribution is 7.89. The molecular weight excluding hydrogens is 442 g/mol. The van der Waals surface area contributed by atoms with E-state index < -0.39 is 10.0 Å². The molecule has 2 aromatic carbocycles. The molecule has 0 radical (unpaired) electrons. The third-order valence-electron chi connectivity index (χ3n) is 5.64. The number of hydrogen-bond donors (Lipinski definition) is 2. The van der Waals surface area contributed by atoms with Crippen LogP contribution in [-0.2, 0) is 10.0 Å². The monoisotopic (exact) mass is 467 g/mol. The fourth-order valence-corrected chi connectivity index (χ4v) is 5.06. The Kier molecular flexibility index (Phi) is 6.62. The lowest BCUT2D eigenvalue weighted by Crippen LogP contribution is -2.37. The topological polar surface area (TPSA) is 109 Å². The van der Waals surface area contributed by atoms with E-state index in [1.54, 1.807) is 36.4 Å². The lowest BCUT2D eigenvalue weighted by Gasteiger charge is -2.29. The Balaban J connectivity index is 1.37. The largest absolute Gasteiger partial charge is 0.459 e. The first-order valence-corrected chi connectivity index (χ1v) is 12.1. The summed E-state index contributed by atoms with van der Waals surface area (Å²) in [5.41, 5.74) is 1.43. The standard InChI is InChI=1S/C24H25N3O5S/c1-17-12-14-27(15-13-17)33(30,31)21-10-4-18(5-11-21)23(28)25-19-6-8-20(9-7-19)26-24(29)22-3-2-16-32-22/h2-11,16-17H,12-15H2,1H3,(H,25,28)(H,26,29). The van der Waals surface area contributed by atoms with Crippen molar-refractivity contribution in [2.75, 3.05) is 23.7 Å². The van der Waals surface area contributed by atoms with Gasteiger partial charge in [0.2, 0.25) is 10.0 Å². The maximum absolute atomic E-state index is 12.8. The SMILES string of the molecule is CC1CCN(S(=O)(=O)c2ccc(C(=O)Nc3ccc(NC(=O)c4ccco4)cc3)cc2)CC1. The van der Waals surface area contributed by atoms with Gasteiger partial charge < -0.3 is 15.1 Å². The van der Waals surface area contributed by atoms with E-state index in [1.165, 1.54) is 34.8 Å². The molecule has 1 fully saturated rings. The number of furan rings is 1. The van der Waals surface area contributed by atoms with Crippen LogP contribution in [0, 0.1) is 5.92 Å². The van der Waals surface area contributed by atoms with E-state index in [2.05, 4.69) is 17.6 Å². The van der Waals surface area contributed by atoms with Crippen LogP contribution in [0.25, 0.3) is 0 Å². The lowest BCUT2D eigenvalue weighted by atomic mass is 10.0. The molecule has 2 amide bonds. The first-order valence-electron chi connectivity index (χ1n) is 10.7. The Bertz CT molecular complexity index is 1210. The fraction of sp³-hybridized carbons (Fsp3) is 0.250. The molecule has 4 rings (SSSR count). The van der Waals surface area contributed by atoms with E-state index in [-0.39, 0.29) is 22.5 Å². The Morgan fingerprint density at radius 2 is 1.45 bits per heavy atom. The molecule has 3 aromatic rings. The van der Waals surface area contributed by atoms with Gasteiger partial charge in [0.1, 0.15) is 0 Å². The number of sulfonamides is 1. The van der Waals surface area contributed by atoms with E-state index in [1.807, 2.05) is 0 Å². The molecule has 1 aliphatic heterocycles. The Morgan fingerprint density at radius 1 is 0.879 bits per heavy atom. The van der Waals surface area contributed by atoms with Gasteiger partial charge in [-0.15, -0.1) is 0 Å². The Hall–Kier alpha value is -3.43. The van der Waals surface area contributed by atoms with Crippen LogP contribution in [0.1, 0.15) is 40.7 Å². The lowest BCUT2D eigenvalue weighted by molar-refractivity contribution is 0.0994. The predicted molar refractivity (Wildman–Crippen MR) is 125 cm³/mol. The van der Waals surface area contributed by atoms with Crippen molar-refractivity contribution in [3.05, 3.63) is 78.3 Å². The zero-order valence-electron chi connectivity index (χ0n) is 18.2. The number of rotatable bonds is 6. The van der Waals surface area contributed by atoms with Gasteiger partial charge in [0.05, 0.1) is 11.2 Å². The fourth-order valence-electron chi connectivity index (χ4n) is 3.59. The minimum atomic E-state index is -3.56. The molecule has 2 N–H and O–H groups in total. The minimum Gasteiger partial charge on any atom is -0.459 e. The van der Waals surface area contributed by atoms with Gasteiger partial charge in [0, 0.05) is 30.0 Å². The summed E-state index contributed by atoms with van der Waals surface area (Å²) in [7, 11) is -3.56. The average molecular weight is 468 g/mol. The number of anilines is 2. The third kappa shape index (κ3) is 5.32. The number of amides is 2. The first kappa shape index (κ1) is 22.8. The molecule has 0 atom stereocenters. The van der Waals surface area contributed by atoms with Crippen LogP contribution >= 0.6 is 0 Å². The normalized spacial score (nSPS) is 15.2. The molecule has 0 bridgehead atoms. The minimum absolute atomic E-state index is 0.185. The third-order valence-corrected chi connectivity index (χ3v) is 7.56. The number of piperidine rings is 1. The van der Waals surface area contributed by atoms with Crippen LogP contribution in [0.3, 0.4) is 0 Å². The van der Waals surface area contributed by atoms with Gasteiger partial charge >= 0.3 is 0 Å². The number of carbonyl (C=O) groups is 2. The molecule has 0 saturated carbocycles. The highest BCUT2D eigenvalue weighted by atomic mass is 32.2. The van der Waals surface area contributed by atoms with Gasteiger partial charge in [0.25, 0.3) is 11.8 Å². The van der Waals surface area contributed by atoms with Gasteiger partial charge in [0.15, 0.2) is 5.76 Å². The predicted octanol–water partition coefficient (Wildman–Crippen LogP) is 4.20. The maximum atomic E-state index is 12.8. The quantitative estimate of drug-likeness (QED) is 0.565. The Morgan fingerprint density at radius 3 is 2.00 bits per heavy atom. The van der Waals surface area contributed by atoms with Crippen molar-refractivity contribution in [1.29, 1.82) is 0 Å². The van der Waals surface area contributed by atoms with Crippen molar-refractivity contribution < 1.29 is 22.4 Å². The second-order valence-electron chi connectivity index (χ2n) is 8.07. The van der Waals surface area contributed by atoms with E-state index in [0.29, 0.717) is 35.9 Å². The number of nitrogens with one attached hydrogen (secondary N) is 2. The molecule has 0 spiro atoms. The van der Waals surface area contributed by atoms with Crippen LogP contribution < -0.4 is 10.6 Å². The van der Waals surface area contributed by atoms with Crippen LogP contribution in [0.2, 0.25) is 0 Å². The van der Waals surface area contributed by atoms with Crippen LogP contribution in [0.15, 0.2) is 76.2 Å². The van der Waals surface area contributed by atoms with Gasteiger partial charge in [-0.2, -0.15) is 4.31 Å². The number of benzene rings is 2. The van der Waals surface area contributed by atoms with Crippen LogP contribution in [-0.4, -0.2) is 37.6 Å². The average Bonchev–Trinajstić information content (AvgIpc) is 3.36. The van der Waals surface area contributed by atoms with Gasteiger partial charge in [-0.3, -0.25) is 9.59 Å². The molecule has 0 aliphatic carbocycles. The molecule has 33 heavy (non-hydrogen) atoms. The maximum Gasteiger partial charge on any atom is 0.291 e. The number of hydrogen-bond acceptors (Lipinski definition) is 5. The molecule has 2 heterocycles. The number of nitrogens with zero attached hydrogens (tertiary/aromatic N) is 1. The summed E-state index contributed by atoms with van der Waals surface area (Å²) >= 11 is 0. The number of carbonyl (C=O) groups excluding carboxylic acids is 2. The zero-order valence-corrected chi connectivity index (χ0v) is 19.0. The second kappa shape index (κ2) is 9.60. The molecule has 1 aliphatic rings. The van der Waals surface area contributed by atoms with Gasteiger partial charge in [-0.05, 0) is 79.4 Å². The highest BCUT2D eigenvalue weighted by Gasteiger charge is 2.28. The molecule has 1 aromatic heterocycles. The van der Waals surface area contributed by atoms with Gasteiger partial charge in [-0.25, -0.2) is 8.42 Å². The summed E-state index contributed by atoms with van der Waals surface area (Å²) in [5, 5.41) is 5.46. The van der Waals surface area contributed by atoms with Crippen molar-refractivity contribution in [3.63, 3.8) is 0 Å². The highest BCUT2D eigenvalue weighted by Crippen LogP contribution is 2.24. The van der Waals surface area contributed by atoms with Crippen LogP contribution in [0.4, 0.5) is 11.4 Å². The van der Waals surface area contributed by atoms with E-state index in [9.17, 15) is 18.0 Å². The molecular formula is C24H25N3O5S. The van der Waals surface area contributed by atoms with Crippen molar-refractivity contribution in [2.24, 2.45) is 5.92 Å². The van der Waals surface area contributed by atoms with Crippen molar-refractivity contribution in [1.82, 2.24) is 4.31 Å². The summed E-state index contributed by atoms with van der Waals surface area (Å²) < 4.78 is 32.2. The zero-order chi connectivity index (χ0) is 23.4. The van der Waals surface area contributed by atoms with Gasteiger partial charge in [-0.1, -0.05) is 6.92 Å². The Labute approximate surface area is 192 Å². The first-order chi connectivity index (χ1) is 15.8. The molecule has 8 nitrogen and oxygen atoms in total. The summed E-state index contributed by atoms with van der Waals surface area (Å²) in [6, 6.07) is 15.8. The molecule has 1 saturated heterocycles. The summed E-state index contributed by atoms with van der Waals surface area (Å²) in [6.45, 7) is 3.16. The molecule has 9 heteroatoms. The summed E-state index contributed by atoms with van der Waals surface area (Å²) in [6.07, 6.45) is 3.12. The molecule has 172 valence electrons. The van der Waals surface area contributed by atoms with Crippen LogP contribution in [0.5, 0.6) is 0 Å². The van der Waals surface area contributed by atoms with E-state index in [4.69, 9.17) is 4.42 Å². The summed E-state index contributed by atoms with van der Waals surface area (Å²) in [5.74, 6) is 0.000518. The summed E-state index contributed by atoms with van der Waals surface area (Å²) in [4.78, 5) is 24.8.